The van der Waals surface area contributed by atoms with Crippen LogP contribution in [-0.2, 0) is 16.3 Å². The Morgan fingerprint density at radius 1 is 1.21 bits per heavy atom. The first kappa shape index (κ1) is 14.2. The van der Waals surface area contributed by atoms with E-state index in [9.17, 15) is 21.6 Å². The van der Waals surface area contributed by atoms with Crippen molar-refractivity contribution in [2.24, 2.45) is 0 Å². The van der Waals surface area contributed by atoms with Gasteiger partial charge < -0.3 is 4.90 Å². The Balaban J connectivity index is 2.11. The molecule has 0 saturated heterocycles. The number of hydrogen-bond donors (Lipinski definition) is 0. The summed E-state index contributed by atoms with van der Waals surface area (Å²) in [6, 6.07) is 7.40. The standard InChI is InChI=1S/C12H14F3NO2S/c13-12(14,15)19(17,18)9-8-16-7-3-5-10-4-1-2-6-11(10)16/h1-2,4,6H,3,5,7-9H2. The molecule has 2 rings (SSSR count). The molecule has 0 radical (unpaired) electrons. The summed E-state index contributed by atoms with van der Waals surface area (Å²) in [6.07, 6.45) is 1.70. The van der Waals surface area contributed by atoms with Gasteiger partial charge in [0.1, 0.15) is 0 Å². The van der Waals surface area contributed by atoms with Crippen LogP contribution in [0.2, 0.25) is 0 Å². The maximum absolute atomic E-state index is 12.3. The minimum Gasteiger partial charge on any atom is -0.370 e. The minimum atomic E-state index is -5.16. The van der Waals surface area contributed by atoms with Gasteiger partial charge in [-0.3, -0.25) is 0 Å². The van der Waals surface area contributed by atoms with E-state index in [0.717, 1.165) is 24.1 Å². The smallest absolute Gasteiger partial charge is 0.370 e. The van der Waals surface area contributed by atoms with Crippen molar-refractivity contribution in [3.8, 4) is 0 Å². The van der Waals surface area contributed by atoms with Crippen LogP contribution in [0.1, 0.15) is 12.0 Å². The van der Waals surface area contributed by atoms with E-state index in [1.807, 2.05) is 18.2 Å². The molecule has 1 heterocycles. The predicted octanol–water partition coefficient (Wildman–Crippen LogP) is 2.37. The number of rotatable bonds is 3. The lowest BCUT2D eigenvalue weighted by Gasteiger charge is -2.31. The SMILES string of the molecule is O=S(=O)(CCN1CCCc2ccccc21)C(F)(F)F. The highest BCUT2D eigenvalue weighted by molar-refractivity contribution is 7.92. The van der Waals surface area contributed by atoms with Gasteiger partial charge in [0.25, 0.3) is 0 Å². The number of hydrogen-bond acceptors (Lipinski definition) is 3. The molecule has 0 unspecified atom stereocenters. The molecule has 0 aliphatic carbocycles. The monoisotopic (exact) mass is 293 g/mol. The Hall–Kier alpha value is -1.24. The highest BCUT2D eigenvalue weighted by atomic mass is 32.2. The maximum Gasteiger partial charge on any atom is 0.497 e. The zero-order valence-corrected chi connectivity index (χ0v) is 11.0. The molecular formula is C12H14F3NO2S. The fourth-order valence-electron chi connectivity index (χ4n) is 2.19. The molecule has 0 spiro atoms. The number of alkyl halides is 3. The summed E-state index contributed by atoms with van der Waals surface area (Å²) >= 11 is 0. The van der Waals surface area contributed by atoms with Crippen molar-refractivity contribution in [1.82, 2.24) is 0 Å². The summed E-state index contributed by atoms with van der Waals surface area (Å²) in [5, 5.41) is 0. The molecule has 0 bridgehead atoms. The van der Waals surface area contributed by atoms with Crippen LogP contribution >= 0.6 is 0 Å². The summed E-state index contributed by atoms with van der Waals surface area (Å²) < 4.78 is 58.9. The molecule has 19 heavy (non-hydrogen) atoms. The molecule has 0 fully saturated rings. The van der Waals surface area contributed by atoms with E-state index in [-0.39, 0.29) is 6.54 Å². The fourth-order valence-corrected chi connectivity index (χ4v) is 2.88. The van der Waals surface area contributed by atoms with Crippen molar-refractivity contribution in [1.29, 1.82) is 0 Å². The lowest BCUT2D eigenvalue weighted by Crippen LogP contribution is -2.37. The molecule has 3 nitrogen and oxygen atoms in total. The maximum atomic E-state index is 12.3. The number of fused-ring (bicyclic) bond motifs is 1. The lowest BCUT2D eigenvalue weighted by atomic mass is 10.0. The average molecular weight is 293 g/mol. The number of sulfone groups is 1. The molecule has 1 aliphatic rings. The first-order valence-corrected chi connectivity index (χ1v) is 7.58. The average Bonchev–Trinajstić information content (AvgIpc) is 2.35. The van der Waals surface area contributed by atoms with Gasteiger partial charge in [-0.25, -0.2) is 8.42 Å². The highest BCUT2D eigenvalue weighted by Crippen LogP contribution is 2.28. The van der Waals surface area contributed by atoms with Crippen molar-refractivity contribution < 1.29 is 21.6 Å². The minimum absolute atomic E-state index is 0.126. The van der Waals surface area contributed by atoms with Crippen molar-refractivity contribution in [3.05, 3.63) is 29.8 Å². The van der Waals surface area contributed by atoms with Crippen molar-refractivity contribution in [3.63, 3.8) is 0 Å². The van der Waals surface area contributed by atoms with Crippen LogP contribution in [0.15, 0.2) is 24.3 Å². The number of benzene rings is 1. The number of halogens is 3. The summed E-state index contributed by atoms with van der Waals surface area (Å²) in [4.78, 5) is 1.71. The Kier molecular flexibility index (Phi) is 3.75. The molecule has 7 heteroatoms. The molecular weight excluding hydrogens is 279 g/mol. The van der Waals surface area contributed by atoms with Crippen LogP contribution in [0.25, 0.3) is 0 Å². The molecule has 0 saturated carbocycles. The third-order valence-corrected chi connectivity index (χ3v) is 4.61. The molecule has 1 aromatic carbocycles. The van der Waals surface area contributed by atoms with E-state index in [1.165, 1.54) is 0 Å². The largest absolute Gasteiger partial charge is 0.497 e. The number of anilines is 1. The molecule has 0 atom stereocenters. The first-order valence-electron chi connectivity index (χ1n) is 5.93. The number of nitrogens with zero attached hydrogens (tertiary/aromatic N) is 1. The van der Waals surface area contributed by atoms with E-state index in [1.54, 1.807) is 11.0 Å². The molecule has 106 valence electrons. The van der Waals surface area contributed by atoms with Crippen LogP contribution in [0.5, 0.6) is 0 Å². The van der Waals surface area contributed by atoms with E-state index in [4.69, 9.17) is 0 Å². The summed E-state index contributed by atoms with van der Waals surface area (Å²) in [5.41, 5.74) is -3.27. The van der Waals surface area contributed by atoms with Crippen molar-refractivity contribution >= 4 is 15.5 Å². The van der Waals surface area contributed by atoms with Gasteiger partial charge >= 0.3 is 5.51 Å². The molecule has 0 aromatic heterocycles. The normalized spacial score (nSPS) is 16.3. The summed E-state index contributed by atoms with van der Waals surface area (Å²) in [5.74, 6) is -0.898. The van der Waals surface area contributed by atoms with Crippen LogP contribution < -0.4 is 4.90 Å². The summed E-state index contributed by atoms with van der Waals surface area (Å²) in [6.45, 7) is 0.462. The van der Waals surface area contributed by atoms with Gasteiger partial charge in [0.2, 0.25) is 9.84 Å². The predicted molar refractivity (Wildman–Crippen MR) is 66.8 cm³/mol. The van der Waals surface area contributed by atoms with Crippen molar-refractivity contribution in [2.45, 2.75) is 18.3 Å². The Bertz CT molecular complexity index is 554. The second-order valence-electron chi connectivity index (χ2n) is 4.48. The van der Waals surface area contributed by atoms with E-state index in [2.05, 4.69) is 0 Å². The van der Waals surface area contributed by atoms with E-state index < -0.39 is 21.1 Å². The van der Waals surface area contributed by atoms with Gasteiger partial charge in [-0.2, -0.15) is 13.2 Å². The van der Waals surface area contributed by atoms with E-state index >= 15 is 0 Å². The van der Waals surface area contributed by atoms with Gasteiger partial charge in [-0.05, 0) is 24.5 Å². The molecule has 0 N–H and O–H groups in total. The van der Waals surface area contributed by atoms with Crippen LogP contribution in [0, 0.1) is 0 Å². The van der Waals surface area contributed by atoms with Gasteiger partial charge in [-0.1, -0.05) is 18.2 Å². The number of para-hydroxylation sites is 1. The third-order valence-electron chi connectivity index (χ3n) is 3.19. The van der Waals surface area contributed by atoms with Gasteiger partial charge in [0.15, 0.2) is 0 Å². The lowest BCUT2D eigenvalue weighted by molar-refractivity contribution is -0.0434. The fraction of sp³-hybridized carbons (Fsp3) is 0.500. The Morgan fingerprint density at radius 3 is 2.58 bits per heavy atom. The highest BCUT2D eigenvalue weighted by Gasteiger charge is 2.45. The van der Waals surface area contributed by atoms with E-state index in [0.29, 0.717) is 6.54 Å². The second kappa shape index (κ2) is 5.03. The van der Waals surface area contributed by atoms with Crippen LogP contribution in [0.3, 0.4) is 0 Å². The van der Waals surface area contributed by atoms with Crippen LogP contribution in [0.4, 0.5) is 18.9 Å². The van der Waals surface area contributed by atoms with Crippen LogP contribution in [-0.4, -0.2) is 32.8 Å². The topological polar surface area (TPSA) is 37.4 Å². The zero-order valence-electron chi connectivity index (χ0n) is 10.2. The Morgan fingerprint density at radius 2 is 1.89 bits per heavy atom. The molecule has 0 amide bonds. The Labute approximate surface area is 109 Å². The number of aryl methyl sites for hydroxylation is 1. The second-order valence-corrected chi connectivity index (χ2v) is 6.58. The van der Waals surface area contributed by atoms with Gasteiger partial charge in [0, 0.05) is 18.8 Å². The third kappa shape index (κ3) is 3.02. The zero-order chi connectivity index (χ0) is 14.1. The van der Waals surface area contributed by atoms with Gasteiger partial charge in [0.05, 0.1) is 5.75 Å². The first-order chi connectivity index (χ1) is 8.81. The summed E-state index contributed by atoms with van der Waals surface area (Å²) in [7, 11) is -5.04. The molecule has 1 aliphatic heterocycles. The quantitative estimate of drug-likeness (QED) is 0.858. The van der Waals surface area contributed by atoms with Gasteiger partial charge in [-0.15, -0.1) is 0 Å². The van der Waals surface area contributed by atoms with Crippen molar-refractivity contribution in [2.75, 3.05) is 23.7 Å². The molecule has 1 aromatic rings.